The number of carbonyl (C=O) groups is 2. The maximum atomic E-state index is 13.4. The van der Waals surface area contributed by atoms with E-state index in [1.807, 2.05) is 20.8 Å². The first kappa shape index (κ1) is 24.6. The third kappa shape index (κ3) is 5.65. The van der Waals surface area contributed by atoms with Crippen molar-refractivity contribution in [2.75, 3.05) is 11.9 Å². The highest BCUT2D eigenvalue weighted by molar-refractivity contribution is 5.97. The van der Waals surface area contributed by atoms with Crippen LogP contribution >= 0.6 is 0 Å². The smallest absolute Gasteiger partial charge is 0.413 e. The van der Waals surface area contributed by atoms with Crippen molar-refractivity contribution in [3.05, 3.63) is 21.5 Å². The molecule has 0 spiro atoms. The topological polar surface area (TPSA) is 147 Å². The number of hydrogen-bond acceptors (Lipinski definition) is 7. The van der Waals surface area contributed by atoms with E-state index in [1.165, 1.54) is 4.57 Å². The van der Waals surface area contributed by atoms with E-state index >= 15 is 0 Å². The first-order chi connectivity index (χ1) is 15.2. The first-order valence-corrected chi connectivity index (χ1v) is 11.0. The number of nitrogens with one attached hydrogen (secondary N) is 2. The van der Waals surface area contributed by atoms with E-state index in [1.54, 1.807) is 20.8 Å². The Balaban J connectivity index is 2.24. The highest BCUT2D eigenvalue weighted by atomic mass is 16.6. The van der Waals surface area contributed by atoms with Crippen LogP contribution in [0.25, 0.3) is 5.65 Å². The Morgan fingerprint density at radius 3 is 2.33 bits per heavy atom. The third-order valence-corrected chi connectivity index (χ3v) is 4.85. The van der Waals surface area contributed by atoms with Gasteiger partial charge in [-0.05, 0) is 39.0 Å². The van der Waals surface area contributed by atoms with E-state index in [0.717, 1.165) is 17.4 Å². The van der Waals surface area contributed by atoms with Crippen molar-refractivity contribution < 1.29 is 24.5 Å². The zero-order valence-electron chi connectivity index (χ0n) is 20.0. The molecule has 11 heteroatoms. The number of fused-ring (bicyclic) bond motifs is 1. The zero-order chi connectivity index (χ0) is 24.7. The van der Waals surface area contributed by atoms with Crippen molar-refractivity contribution in [2.45, 2.75) is 79.0 Å². The van der Waals surface area contributed by atoms with E-state index in [0.29, 0.717) is 5.56 Å². The number of aliphatic hydroxyl groups is 1. The zero-order valence-corrected chi connectivity index (χ0v) is 20.0. The third-order valence-electron chi connectivity index (χ3n) is 4.85. The van der Waals surface area contributed by atoms with Gasteiger partial charge in [-0.2, -0.15) is 4.52 Å². The Morgan fingerprint density at radius 1 is 1.18 bits per heavy atom. The maximum Gasteiger partial charge on any atom is 0.413 e. The van der Waals surface area contributed by atoms with Gasteiger partial charge in [-0.25, -0.2) is 4.79 Å². The number of nitrogens with zero attached hydrogens (tertiary/aromatic N) is 3. The number of aliphatic hydroxyl groups excluding tert-OH is 1. The summed E-state index contributed by atoms with van der Waals surface area (Å²) in [5.41, 5.74) is -1.68. The average molecular weight is 464 g/mol. The molecule has 0 aliphatic heterocycles. The van der Waals surface area contributed by atoms with E-state index in [2.05, 4.69) is 15.7 Å². The molecule has 0 aromatic carbocycles. The molecular formula is C22H33N5O6. The lowest BCUT2D eigenvalue weighted by molar-refractivity contribution is 0.0634. The predicted molar refractivity (Wildman–Crippen MR) is 122 cm³/mol. The Labute approximate surface area is 191 Å². The molecule has 1 saturated carbocycles. The molecule has 2 amide bonds. The summed E-state index contributed by atoms with van der Waals surface area (Å²) in [4.78, 5) is 38.6. The summed E-state index contributed by atoms with van der Waals surface area (Å²) in [7, 11) is 0. The second kappa shape index (κ2) is 8.69. The van der Waals surface area contributed by atoms with Crippen LogP contribution in [0.1, 0.15) is 70.3 Å². The maximum absolute atomic E-state index is 13.4. The monoisotopic (exact) mass is 463 g/mol. The van der Waals surface area contributed by atoms with Crippen LogP contribution in [0.2, 0.25) is 0 Å². The summed E-state index contributed by atoms with van der Waals surface area (Å²) in [5.74, 6) is -1.28. The van der Waals surface area contributed by atoms with Crippen LogP contribution in [-0.4, -0.2) is 54.6 Å². The molecule has 0 atom stereocenters. The van der Waals surface area contributed by atoms with E-state index in [-0.39, 0.29) is 42.5 Å². The predicted octanol–water partition coefficient (Wildman–Crippen LogP) is 2.02. The number of rotatable bonds is 6. The minimum absolute atomic E-state index is 0.0185. The summed E-state index contributed by atoms with van der Waals surface area (Å²) >= 11 is 0. The van der Waals surface area contributed by atoms with Crippen LogP contribution < -0.4 is 16.2 Å². The summed E-state index contributed by atoms with van der Waals surface area (Å²) in [5, 5.41) is 30.1. The Hall–Kier alpha value is -3.08. The summed E-state index contributed by atoms with van der Waals surface area (Å²) in [6, 6.07) is -0.0185. The first-order valence-electron chi connectivity index (χ1n) is 11.0. The van der Waals surface area contributed by atoms with Crippen molar-refractivity contribution >= 4 is 23.5 Å². The number of hydrogen-bond donors (Lipinski definition) is 4. The van der Waals surface area contributed by atoms with Gasteiger partial charge in [0.25, 0.3) is 11.5 Å². The van der Waals surface area contributed by atoms with Gasteiger partial charge in [0.1, 0.15) is 11.2 Å². The Kier molecular flexibility index (Phi) is 6.47. The summed E-state index contributed by atoms with van der Waals surface area (Å²) in [6.07, 6.45) is 0.904. The molecule has 3 rings (SSSR count). The molecule has 33 heavy (non-hydrogen) atoms. The second-order valence-electron chi connectivity index (χ2n) is 10.6. The molecule has 2 aromatic heterocycles. The van der Waals surface area contributed by atoms with Crippen molar-refractivity contribution in [3.63, 3.8) is 0 Å². The molecule has 0 unspecified atom stereocenters. The van der Waals surface area contributed by atoms with Gasteiger partial charge in [-0.3, -0.25) is 19.5 Å². The molecule has 1 aliphatic rings. The van der Waals surface area contributed by atoms with E-state index in [4.69, 9.17) is 4.74 Å². The standard InChI is InChI=1S/C22H33N5O6/c1-21(2,3)11-26-17-13(9-10-28)15(24-20(32)33-22(4,5)6)25-27(17)19(31)14(18(26)30)16(29)23-12-7-8-12/h12,28,31H,7-11H2,1-6H3,(H,23,29)(H,24,25,32). The largest absolute Gasteiger partial charge is 0.492 e. The minimum atomic E-state index is -0.777. The number of carbonyl (C=O) groups excluding carboxylic acids is 2. The lowest BCUT2D eigenvalue weighted by Gasteiger charge is -2.22. The highest BCUT2D eigenvalue weighted by Crippen LogP contribution is 2.29. The number of ether oxygens (including phenoxy) is 1. The van der Waals surface area contributed by atoms with Gasteiger partial charge in [0.15, 0.2) is 11.4 Å². The molecule has 0 saturated heterocycles. The van der Waals surface area contributed by atoms with Crippen LogP contribution in [0.4, 0.5) is 10.6 Å². The number of anilines is 1. The van der Waals surface area contributed by atoms with E-state index < -0.39 is 34.6 Å². The number of aromatic hydroxyl groups is 1. The van der Waals surface area contributed by atoms with Gasteiger partial charge in [0.2, 0.25) is 5.88 Å². The fourth-order valence-electron chi connectivity index (χ4n) is 3.45. The van der Waals surface area contributed by atoms with Gasteiger partial charge < -0.3 is 20.3 Å². The molecule has 11 nitrogen and oxygen atoms in total. The van der Waals surface area contributed by atoms with Gasteiger partial charge in [-0.15, -0.1) is 5.10 Å². The molecule has 2 aromatic rings. The molecule has 1 aliphatic carbocycles. The fraction of sp³-hybridized carbons (Fsp3) is 0.636. The lowest BCUT2D eigenvalue weighted by Crippen LogP contribution is -2.37. The second-order valence-corrected chi connectivity index (χ2v) is 10.6. The van der Waals surface area contributed by atoms with Crippen molar-refractivity contribution in [1.82, 2.24) is 19.5 Å². The average Bonchev–Trinajstić information content (AvgIpc) is 3.38. The molecule has 0 radical (unpaired) electrons. The van der Waals surface area contributed by atoms with Crippen LogP contribution in [0, 0.1) is 5.41 Å². The molecular weight excluding hydrogens is 430 g/mol. The number of aromatic nitrogens is 3. The molecule has 4 N–H and O–H groups in total. The molecule has 2 heterocycles. The lowest BCUT2D eigenvalue weighted by atomic mass is 9.96. The minimum Gasteiger partial charge on any atom is -0.492 e. The number of amides is 2. The van der Waals surface area contributed by atoms with Gasteiger partial charge >= 0.3 is 6.09 Å². The molecule has 182 valence electrons. The van der Waals surface area contributed by atoms with Crippen LogP contribution in [-0.2, 0) is 17.7 Å². The van der Waals surface area contributed by atoms with Gasteiger partial charge in [0, 0.05) is 31.2 Å². The van der Waals surface area contributed by atoms with Gasteiger partial charge in [-0.1, -0.05) is 20.8 Å². The van der Waals surface area contributed by atoms with Crippen molar-refractivity contribution in [1.29, 1.82) is 0 Å². The van der Waals surface area contributed by atoms with Crippen LogP contribution in [0.5, 0.6) is 5.88 Å². The van der Waals surface area contributed by atoms with E-state index in [9.17, 15) is 24.6 Å². The Bertz CT molecular complexity index is 1130. The quantitative estimate of drug-likeness (QED) is 0.512. The summed E-state index contributed by atoms with van der Waals surface area (Å²) < 4.78 is 7.71. The normalized spacial score (nSPS) is 14.4. The fourth-order valence-corrected chi connectivity index (χ4v) is 3.45. The van der Waals surface area contributed by atoms with Crippen LogP contribution in [0.3, 0.4) is 0 Å². The summed E-state index contributed by atoms with van der Waals surface area (Å²) in [6.45, 7) is 10.8. The molecule has 0 bridgehead atoms. The van der Waals surface area contributed by atoms with Crippen molar-refractivity contribution in [2.24, 2.45) is 5.41 Å². The Morgan fingerprint density at radius 2 is 1.82 bits per heavy atom. The highest BCUT2D eigenvalue weighted by Gasteiger charge is 2.32. The SMILES string of the molecule is CC(C)(C)Cn1c(=O)c(C(=O)NC2CC2)c(O)n2nc(NC(=O)OC(C)(C)C)c(CCO)c12. The van der Waals surface area contributed by atoms with Crippen molar-refractivity contribution in [3.8, 4) is 5.88 Å². The van der Waals surface area contributed by atoms with Crippen LogP contribution in [0.15, 0.2) is 4.79 Å². The molecule has 1 fully saturated rings. The van der Waals surface area contributed by atoms with Gasteiger partial charge in [0.05, 0.1) is 0 Å².